The zero-order valence-corrected chi connectivity index (χ0v) is 16.4. The van der Waals surface area contributed by atoms with Crippen molar-refractivity contribution in [1.29, 1.82) is 0 Å². The molecule has 0 bridgehead atoms. The van der Waals surface area contributed by atoms with Gasteiger partial charge in [0.05, 0.1) is 23.1 Å². The summed E-state index contributed by atoms with van der Waals surface area (Å²) in [6, 6.07) is 5.34. The number of alkyl halides is 2. The van der Waals surface area contributed by atoms with Crippen molar-refractivity contribution in [1.82, 2.24) is 15.0 Å². The van der Waals surface area contributed by atoms with Gasteiger partial charge < -0.3 is 5.73 Å². The summed E-state index contributed by atoms with van der Waals surface area (Å²) in [5.74, 6) is -5.64. The highest BCUT2D eigenvalue weighted by Gasteiger charge is 2.33. The highest BCUT2D eigenvalue weighted by molar-refractivity contribution is 7.92. The lowest BCUT2D eigenvalue weighted by Crippen LogP contribution is -2.31. The molecule has 3 aromatic rings. The Labute approximate surface area is 165 Å². The van der Waals surface area contributed by atoms with Crippen molar-refractivity contribution in [2.75, 3.05) is 16.2 Å². The van der Waals surface area contributed by atoms with Crippen LogP contribution in [-0.2, 0) is 10.0 Å². The first-order valence-corrected chi connectivity index (χ1v) is 10.2. The molecular formula is C18H18F3N5O2S. The van der Waals surface area contributed by atoms with Crippen molar-refractivity contribution in [3.63, 3.8) is 0 Å². The van der Waals surface area contributed by atoms with E-state index in [1.807, 2.05) is 4.72 Å². The summed E-state index contributed by atoms with van der Waals surface area (Å²) in [4.78, 5) is 12.4. The molecule has 0 aliphatic heterocycles. The van der Waals surface area contributed by atoms with Gasteiger partial charge in [0.15, 0.2) is 0 Å². The minimum atomic E-state index is -4.43. The molecule has 0 aliphatic rings. The number of anilines is 2. The SMILES string of the molecule is CCC(F)(F)CS(=O)(=O)Nc1ccc(-c2cc(C)c3nc(N)ncc3n2)cc1F. The van der Waals surface area contributed by atoms with Gasteiger partial charge in [-0.25, -0.2) is 36.5 Å². The van der Waals surface area contributed by atoms with Gasteiger partial charge in [0.1, 0.15) is 17.1 Å². The number of benzene rings is 1. The van der Waals surface area contributed by atoms with Crippen molar-refractivity contribution >= 4 is 32.7 Å². The molecule has 0 fully saturated rings. The van der Waals surface area contributed by atoms with Crippen molar-refractivity contribution < 1.29 is 21.6 Å². The van der Waals surface area contributed by atoms with E-state index in [4.69, 9.17) is 5.73 Å². The Kier molecular flexibility index (Phi) is 5.35. The average molecular weight is 425 g/mol. The number of hydrogen-bond donors (Lipinski definition) is 2. The van der Waals surface area contributed by atoms with Crippen LogP contribution in [0.5, 0.6) is 0 Å². The molecule has 0 radical (unpaired) electrons. The van der Waals surface area contributed by atoms with Crippen LogP contribution in [0.1, 0.15) is 18.9 Å². The molecule has 0 aliphatic carbocycles. The van der Waals surface area contributed by atoms with Gasteiger partial charge >= 0.3 is 0 Å². The fourth-order valence-corrected chi connectivity index (χ4v) is 4.02. The van der Waals surface area contributed by atoms with Crippen LogP contribution in [0, 0.1) is 12.7 Å². The third kappa shape index (κ3) is 4.73. The van der Waals surface area contributed by atoms with E-state index in [0.717, 1.165) is 17.7 Å². The maximum Gasteiger partial charge on any atom is 0.263 e. The zero-order valence-electron chi connectivity index (χ0n) is 15.6. The monoisotopic (exact) mass is 425 g/mol. The van der Waals surface area contributed by atoms with E-state index < -0.39 is 39.6 Å². The van der Waals surface area contributed by atoms with Gasteiger partial charge in [0.25, 0.3) is 5.92 Å². The van der Waals surface area contributed by atoms with Crippen LogP contribution in [0.3, 0.4) is 0 Å². The molecule has 29 heavy (non-hydrogen) atoms. The number of fused-ring (bicyclic) bond motifs is 1. The second-order valence-corrected chi connectivity index (χ2v) is 8.27. The standard InChI is InChI=1S/C18H18F3N5O2S/c1-3-18(20,21)9-29(27,28)26-13-5-4-11(7-12(13)19)14-6-10(2)16-15(24-14)8-23-17(22)25-16/h4-8,26H,3,9H2,1-2H3,(H2,22,23,25). The zero-order chi connectivity index (χ0) is 21.4. The number of aryl methyl sites for hydroxylation is 1. The molecular weight excluding hydrogens is 407 g/mol. The van der Waals surface area contributed by atoms with Crippen molar-refractivity contribution in [2.24, 2.45) is 0 Å². The van der Waals surface area contributed by atoms with E-state index in [2.05, 4.69) is 15.0 Å². The van der Waals surface area contributed by atoms with Crippen molar-refractivity contribution in [3.05, 3.63) is 41.8 Å². The topological polar surface area (TPSA) is 111 Å². The van der Waals surface area contributed by atoms with Gasteiger partial charge in [0.2, 0.25) is 16.0 Å². The Hall–Kier alpha value is -2.95. The van der Waals surface area contributed by atoms with E-state index in [1.54, 1.807) is 13.0 Å². The highest BCUT2D eigenvalue weighted by Crippen LogP contribution is 2.28. The van der Waals surface area contributed by atoms with Crippen LogP contribution >= 0.6 is 0 Å². The smallest absolute Gasteiger partial charge is 0.263 e. The molecule has 3 rings (SSSR count). The number of sulfonamides is 1. The molecule has 0 saturated carbocycles. The second kappa shape index (κ2) is 7.47. The Morgan fingerprint density at radius 2 is 1.93 bits per heavy atom. The largest absolute Gasteiger partial charge is 0.368 e. The predicted molar refractivity (Wildman–Crippen MR) is 105 cm³/mol. The third-order valence-corrected chi connectivity index (χ3v) is 5.54. The lowest BCUT2D eigenvalue weighted by molar-refractivity contribution is 0.0219. The van der Waals surface area contributed by atoms with Crippen LogP contribution < -0.4 is 10.5 Å². The van der Waals surface area contributed by atoms with Gasteiger partial charge in [0, 0.05) is 12.0 Å². The molecule has 0 spiro atoms. The summed E-state index contributed by atoms with van der Waals surface area (Å²) in [6.07, 6.45) is 0.804. The first-order valence-electron chi connectivity index (χ1n) is 8.58. The van der Waals surface area contributed by atoms with Gasteiger partial charge in [-0.15, -0.1) is 0 Å². The van der Waals surface area contributed by atoms with E-state index in [0.29, 0.717) is 22.3 Å². The van der Waals surface area contributed by atoms with E-state index in [-0.39, 0.29) is 5.95 Å². The molecule has 0 amide bonds. The number of pyridine rings is 1. The number of rotatable bonds is 6. The summed E-state index contributed by atoms with van der Waals surface area (Å²) in [5, 5.41) is 0. The molecule has 7 nitrogen and oxygen atoms in total. The maximum atomic E-state index is 14.5. The number of halogens is 3. The Bertz CT molecular complexity index is 1190. The van der Waals surface area contributed by atoms with Crippen LogP contribution in [0.2, 0.25) is 0 Å². The Morgan fingerprint density at radius 1 is 1.21 bits per heavy atom. The maximum absolute atomic E-state index is 14.5. The summed E-state index contributed by atoms with van der Waals surface area (Å²) < 4.78 is 66.9. The van der Waals surface area contributed by atoms with Crippen molar-refractivity contribution in [2.45, 2.75) is 26.2 Å². The van der Waals surface area contributed by atoms with Crippen LogP contribution in [0.25, 0.3) is 22.3 Å². The fraction of sp³-hybridized carbons (Fsp3) is 0.278. The number of nitrogen functional groups attached to an aromatic ring is 1. The summed E-state index contributed by atoms with van der Waals surface area (Å²) in [7, 11) is -4.43. The van der Waals surface area contributed by atoms with Crippen LogP contribution in [0.15, 0.2) is 30.5 Å². The van der Waals surface area contributed by atoms with E-state index >= 15 is 0 Å². The Morgan fingerprint density at radius 3 is 2.59 bits per heavy atom. The lowest BCUT2D eigenvalue weighted by Gasteiger charge is -2.16. The molecule has 2 aromatic heterocycles. The van der Waals surface area contributed by atoms with Gasteiger partial charge in [-0.05, 0) is 30.7 Å². The molecule has 0 unspecified atom stereocenters. The number of nitrogens with two attached hydrogens (primary N) is 1. The normalized spacial score (nSPS) is 12.3. The molecule has 154 valence electrons. The lowest BCUT2D eigenvalue weighted by atomic mass is 10.1. The highest BCUT2D eigenvalue weighted by atomic mass is 32.2. The molecule has 3 N–H and O–H groups in total. The molecule has 2 heterocycles. The van der Waals surface area contributed by atoms with Crippen LogP contribution in [0.4, 0.5) is 24.8 Å². The van der Waals surface area contributed by atoms with Gasteiger partial charge in [-0.3, -0.25) is 4.72 Å². The molecule has 0 saturated heterocycles. The van der Waals surface area contributed by atoms with Crippen molar-refractivity contribution in [3.8, 4) is 11.3 Å². The minimum absolute atomic E-state index is 0.103. The number of hydrogen-bond acceptors (Lipinski definition) is 6. The summed E-state index contributed by atoms with van der Waals surface area (Å²) in [6.45, 7) is 2.95. The Balaban J connectivity index is 1.92. The average Bonchev–Trinajstić information content (AvgIpc) is 2.63. The first-order chi connectivity index (χ1) is 13.5. The molecule has 11 heteroatoms. The van der Waals surface area contributed by atoms with E-state index in [9.17, 15) is 21.6 Å². The van der Waals surface area contributed by atoms with Crippen LogP contribution in [-0.4, -0.2) is 35.0 Å². The predicted octanol–water partition coefficient (Wildman–Crippen LogP) is 3.51. The third-order valence-electron chi connectivity index (χ3n) is 4.20. The minimum Gasteiger partial charge on any atom is -0.368 e. The number of aromatic nitrogens is 3. The van der Waals surface area contributed by atoms with Gasteiger partial charge in [-0.1, -0.05) is 13.0 Å². The number of nitrogens with zero attached hydrogens (tertiary/aromatic N) is 3. The van der Waals surface area contributed by atoms with E-state index in [1.165, 1.54) is 19.2 Å². The van der Waals surface area contributed by atoms with Gasteiger partial charge in [-0.2, -0.15) is 0 Å². The quantitative estimate of drug-likeness (QED) is 0.625. The molecule has 0 atom stereocenters. The molecule has 1 aromatic carbocycles. The summed E-state index contributed by atoms with van der Waals surface area (Å²) >= 11 is 0. The summed E-state index contributed by atoms with van der Waals surface area (Å²) in [5.41, 5.74) is 7.69. The fourth-order valence-electron chi connectivity index (χ4n) is 2.69. The number of nitrogens with one attached hydrogen (secondary N) is 1. The second-order valence-electron chi connectivity index (χ2n) is 6.55. The first kappa shape index (κ1) is 20.8.